The normalized spacial score (nSPS) is 17.2. The van der Waals surface area contributed by atoms with E-state index in [1.807, 2.05) is 0 Å². The number of aromatic hydroxyl groups is 3. The highest BCUT2D eigenvalue weighted by Gasteiger charge is 2.31. The predicted molar refractivity (Wildman–Crippen MR) is 75.5 cm³/mol. The lowest BCUT2D eigenvalue weighted by Gasteiger charge is -2.25. The van der Waals surface area contributed by atoms with E-state index in [1.54, 1.807) is 6.07 Å². The second-order valence-corrected chi connectivity index (χ2v) is 5.18. The lowest BCUT2D eigenvalue weighted by Crippen LogP contribution is -2.26. The molecule has 21 heavy (non-hydrogen) atoms. The van der Waals surface area contributed by atoms with E-state index >= 15 is 0 Å². The number of benzene rings is 2. The minimum Gasteiger partial charge on any atom is -0.506 e. The molecule has 0 aliphatic carbocycles. The summed E-state index contributed by atoms with van der Waals surface area (Å²) in [6, 6.07) is 6.91. The topological polar surface area (TPSA) is 87.0 Å². The molecule has 0 fully saturated rings. The molecule has 108 valence electrons. The van der Waals surface area contributed by atoms with Crippen molar-refractivity contribution in [2.75, 3.05) is 6.61 Å². The fourth-order valence-corrected chi connectivity index (χ4v) is 2.48. The second kappa shape index (κ2) is 4.86. The van der Waals surface area contributed by atoms with E-state index < -0.39 is 5.92 Å². The molecule has 0 radical (unpaired) electrons. The van der Waals surface area contributed by atoms with Gasteiger partial charge < -0.3 is 20.1 Å². The molecule has 1 unspecified atom stereocenters. The van der Waals surface area contributed by atoms with Crippen LogP contribution in [0.4, 0.5) is 0 Å². The molecule has 6 heteroatoms. The highest BCUT2D eigenvalue weighted by Crippen LogP contribution is 2.39. The monoisotopic (exact) mass is 306 g/mol. The number of ketones is 1. The Hall–Kier alpha value is -2.40. The number of phenolic OH excluding ortho intramolecular Hbond substituents is 3. The van der Waals surface area contributed by atoms with Crippen LogP contribution < -0.4 is 4.74 Å². The van der Waals surface area contributed by atoms with Gasteiger partial charge in [0.25, 0.3) is 0 Å². The van der Waals surface area contributed by atoms with Crippen LogP contribution in [0.15, 0.2) is 30.3 Å². The molecule has 0 amide bonds. The van der Waals surface area contributed by atoms with Crippen LogP contribution in [0.5, 0.6) is 23.0 Å². The number of halogens is 1. The summed E-state index contributed by atoms with van der Waals surface area (Å²) < 4.78 is 5.47. The molecule has 0 spiro atoms. The molecule has 2 aromatic rings. The van der Waals surface area contributed by atoms with Crippen LogP contribution in [0.2, 0.25) is 5.02 Å². The lowest BCUT2D eigenvalue weighted by atomic mass is 9.89. The van der Waals surface area contributed by atoms with Gasteiger partial charge in [-0.3, -0.25) is 4.79 Å². The summed E-state index contributed by atoms with van der Waals surface area (Å²) in [6.45, 7) is 0.0944. The van der Waals surface area contributed by atoms with Gasteiger partial charge in [0.1, 0.15) is 18.1 Å². The summed E-state index contributed by atoms with van der Waals surface area (Å²) in [5.41, 5.74) is 0.812. The van der Waals surface area contributed by atoms with Gasteiger partial charge in [-0.05, 0) is 23.8 Å². The molecule has 5 nitrogen and oxygen atoms in total. The highest BCUT2D eigenvalue weighted by molar-refractivity contribution is 6.32. The van der Waals surface area contributed by atoms with Gasteiger partial charge in [0, 0.05) is 6.07 Å². The van der Waals surface area contributed by atoms with Gasteiger partial charge in [-0.1, -0.05) is 17.7 Å². The number of Topliss-reactive ketones (excluding diaryl/α,β-unsaturated/α-hetero) is 1. The summed E-state index contributed by atoms with van der Waals surface area (Å²) in [4.78, 5) is 12.5. The van der Waals surface area contributed by atoms with Crippen molar-refractivity contribution in [2.45, 2.75) is 5.92 Å². The van der Waals surface area contributed by atoms with Crippen LogP contribution in [0.1, 0.15) is 21.8 Å². The van der Waals surface area contributed by atoms with Gasteiger partial charge in [-0.15, -0.1) is 0 Å². The standard InChI is InChI=1S/C15H11ClO5/c16-10-3-7(1-2-11(10)17)9-6-21-14-5-13(19)12(18)4-8(14)15(9)20/h1-5,9,17-19H,6H2. The van der Waals surface area contributed by atoms with E-state index in [2.05, 4.69) is 0 Å². The van der Waals surface area contributed by atoms with E-state index in [0.29, 0.717) is 5.56 Å². The fraction of sp³-hybridized carbons (Fsp3) is 0.133. The molecule has 0 bridgehead atoms. The first-order valence-corrected chi connectivity index (χ1v) is 6.56. The van der Waals surface area contributed by atoms with Crippen molar-refractivity contribution < 1.29 is 24.9 Å². The Labute approximate surface area is 125 Å². The van der Waals surface area contributed by atoms with Gasteiger partial charge >= 0.3 is 0 Å². The fourth-order valence-electron chi connectivity index (χ4n) is 2.29. The molecule has 0 saturated carbocycles. The minimum atomic E-state index is -0.584. The zero-order valence-corrected chi connectivity index (χ0v) is 11.5. The van der Waals surface area contributed by atoms with Crippen LogP contribution in [-0.4, -0.2) is 27.7 Å². The molecule has 1 aliphatic rings. The van der Waals surface area contributed by atoms with E-state index in [-0.39, 0.29) is 46.0 Å². The number of hydrogen-bond acceptors (Lipinski definition) is 5. The van der Waals surface area contributed by atoms with Crippen molar-refractivity contribution in [3.8, 4) is 23.0 Å². The Morgan fingerprint density at radius 2 is 1.76 bits per heavy atom. The third kappa shape index (κ3) is 2.25. The van der Waals surface area contributed by atoms with Gasteiger partial charge in [0.05, 0.1) is 16.5 Å². The number of fused-ring (bicyclic) bond motifs is 1. The van der Waals surface area contributed by atoms with Crippen molar-refractivity contribution in [3.63, 3.8) is 0 Å². The zero-order chi connectivity index (χ0) is 15.1. The van der Waals surface area contributed by atoms with Crippen molar-refractivity contribution in [1.82, 2.24) is 0 Å². The summed E-state index contributed by atoms with van der Waals surface area (Å²) in [7, 11) is 0. The summed E-state index contributed by atoms with van der Waals surface area (Å²) in [5, 5.41) is 28.5. The Kier molecular flexibility index (Phi) is 3.14. The van der Waals surface area contributed by atoms with E-state index in [4.69, 9.17) is 16.3 Å². The molecule has 1 aliphatic heterocycles. The predicted octanol–water partition coefficient (Wildman–Crippen LogP) is 2.82. The number of carbonyl (C=O) groups is 1. The third-order valence-electron chi connectivity index (χ3n) is 3.44. The average Bonchev–Trinajstić information content (AvgIpc) is 2.45. The molecule has 1 heterocycles. The van der Waals surface area contributed by atoms with Crippen molar-refractivity contribution in [3.05, 3.63) is 46.5 Å². The Morgan fingerprint density at radius 3 is 2.48 bits per heavy atom. The van der Waals surface area contributed by atoms with Crippen LogP contribution in [0, 0.1) is 0 Å². The SMILES string of the molecule is O=C1c2cc(O)c(O)cc2OCC1c1ccc(O)c(Cl)c1. The largest absolute Gasteiger partial charge is 0.506 e. The summed E-state index contributed by atoms with van der Waals surface area (Å²) in [5.74, 6) is -1.38. The van der Waals surface area contributed by atoms with Gasteiger partial charge in [0.15, 0.2) is 17.3 Å². The Bertz CT molecular complexity index is 741. The smallest absolute Gasteiger partial charge is 0.177 e. The molecular weight excluding hydrogens is 296 g/mol. The number of ether oxygens (including phenoxy) is 1. The first-order chi connectivity index (χ1) is 9.97. The van der Waals surface area contributed by atoms with E-state index in [0.717, 1.165) is 0 Å². The average molecular weight is 307 g/mol. The highest BCUT2D eigenvalue weighted by atomic mass is 35.5. The second-order valence-electron chi connectivity index (χ2n) is 4.78. The van der Waals surface area contributed by atoms with Crippen molar-refractivity contribution in [2.24, 2.45) is 0 Å². The maximum absolute atomic E-state index is 12.5. The molecule has 3 N–H and O–H groups in total. The summed E-state index contributed by atoms with van der Waals surface area (Å²) >= 11 is 5.85. The van der Waals surface area contributed by atoms with Crippen LogP contribution in [0.3, 0.4) is 0 Å². The third-order valence-corrected chi connectivity index (χ3v) is 3.74. The van der Waals surface area contributed by atoms with Gasteiger partial charge in [-0.2, -0.15) is 0 Å². The maximum atomic E-state index is 12.5. The minimum absolute atomic E-state index is 0.0624. The first kappa shape index (κ1) is 13.6. The Morgan fingerprint density at radius 1 is 1.05 bits per heavy atom. The molecule has 0 saturated heterocycles. The molecule has 1 atom stereocenters. The van der Waals surface area contributed by atoms with Crippen LogP contribution >= 0.6 is 11.6 Å². The first-order valence-electron chi connectivity index (χ1n) is 6.19. The van der Waals surface area contributed by atoms with Crippen molar-refractivity contribution >= 4 is 17.4 Å². The molecule has 3 rings (SSSR count). The summed E-state index contributed by atoms with van der Waals surface area (Å²) in [6.07, 6.45) is 0. The van der Waals surface area contributed by atoms with Gasteiger partial charge in [0.2, 0.25) is 0 Å². The quantitative estimate of drug-likeness (QED) is 0.705. The number of phenols is 3. The molecule has 0 aromatic heterocycles. The maximum Gasteiger partial charge on any atom is 0.177 e. The zero-order valence-electron chi connectivity index (χ0n) is 10.7. The number of carbonyl (C=O) groups excluding carboxylic acids is 1. The van der Waals surface area contributed by atoms with E-state index in [9.17, 15) is 20.1 Å². The lowest BCUT2D eigenvalue weighted by molar-refractivity contribution is 0.0895. The number of hydrogen-bond donors (Lipinski definition) is 3. The number of rotatable bonds is 1. The van der Waals surface area contributed by atoms with Crippen molar-refractivity contribution in [1.29, 1.82) is 0 Å². The molecule has 2 aromatic carbocycles. The van der Waals surface area contributed by atoms with E-state index in [1.165, 1.54) is 24.3 Å². The van der Waals surface area contributed by atoms with Crippen LogP contribution in [0.25, 0.3) is 0 Å². The molecular formula is C15H11ClO5. The van der Waals surface area contributed by atoms with Gasteiger partial charge in [-0.25, -0.2) is 0 Å². The van der Waals surface area contributed by atoms with Crippen LogP contribution in [-0.2, 0) is 0 Å². The Balaban J connectivity index is 2.02.